The van der Waals surface area contributed by atoms with Crippen LogP contribution >= 0.6 is 11.3 Å². The predicted octanol–water partition coefficient (Wildman–Crippen LogP) is 3.77. The Morgan fingerprint density at radius 1 is 1.11 bits per heavy atom. The fraction of sp³-hybridized carbons (Fsp3) is 0.200. The topological polar surface area (TPSA) is 120 Å². The fourth-order valence-electron chi connectivity index (χ4n) is 2.65. The van der Waals surface area contributed by atoms with Gasteiger partial charge in [0.05, 0.1) is 12.0 Å². The number of benzene rings is 1. The van der Waals surface area contributed by atoms with Crippen LogP contribution in [-0.2, 0) is 16.0 Å². The highest BCUT2D eigenvalue weighted by Gasteiger charge is 2.16. The van der Waals surface area contributed by atoms with Gasteiger partial charge in [0.2, 0.25) is 0 Å². The SMILES string of the molecule is Cc1[nH]cnc1CCC(=O)c1c(C)sc2ccccc12.O=C(O)/C=C\C(=O)O. The number of aromatic nitrogens is 2. The maximum absolute atomic E-state index is 12.5. The minimum atomic E-state index is -1.26. The van der Waals surface area contributed by atoms with Crippen LogP contribution in [0.1, 0.15) is 33.0 Å². The van der Waals surface area contributed by atoms with E-state index in [0.29, 0.717) is 25.0 Å². The van der Waals surface area contributed by atoms with Gasteiger partial charge in [-0.3, -0.25) is 4.79 Å². The first-order chi connectivity index (χ1) is 13.3. The fourth-order valence-corrected chi connectivity index (χ4v) is 3.74. The van der Waals surface area contributed by atoms with Gasteiger partial charge in [0.25, 0.3) is 0 Å². The van der Waals surface area contributed by atoms with Crippen LogP contribution < -0.4 is 0 Å². The number of nitrogens with zero attached hydrogens (tertiary/aromatic N) is 1. The van der Waals surface area contributed by atoms with Gasteiger partial charge in [0.1, 0.15) is 0 Å². The number of hydrogen-bond donors (Lipinski definition) is 3. The molecule has 0 spiro atoms. The second kappa shape index (κ2) is 9.61. The molecular weight excluding hydrogens is 380 g/mol. The predicted molar refractivity (Wildman–Crippen MR) is 107 cm³/mol. The number of thiophene rings is 1. The van der Waals surface area contributed by atoms with Crippen molar-refractivity contribution in [1.29, 1.82) is 0 Å². The molecule has 0 bridgehead atoms. The van der Waals surface area contributed by atoms with Crippen molar-refractivity contribution in [3.05, 3.63) is 64.6 Å². The highest BCUT2D eigenvalue weighted by molar-refractivity contribution is 7.19. The van der Waals surface area contributed by atoms with E-state index in [4.69, 9.17) is 10.2 Å². The summed E-state index contributed by atoms with van der Waals surface area (Å²) >= 11 is 1.69. The Morgan fingerprint density at radius 3 is 2.32 bits per heavy atom. The van der Waals surface area contributed by atoms with Crippen LogP contribution in [-0.4, -0.2) is 37.9 Å². The van der Waals surface area contributed by atoms with E-state index in [2.05, 4.69) is 16.0 Å². The smallest absolute Gasteiger partial charge is 0.328 e. The number of Topliss-reactive ketones (excluding diaryl/α,β-unsaturated/α-hetero) is 1. The van der Waals surface area contributed by atoms with Crippen LogP contribution in [0.3, 0.4) is 0 Å². The Bertz CT molecular complexity index is 1020. The van der Waals surface area contributed by atoms with Crippen molar-refractivity contribution in [1.82, 2.24) is 9.97 Å². The largest absolute Gasteiger partial charge is 0.478 e. The average Bonchev–Trinajstić information content (AvgIpc) is 3.20. The zero-order valence-electron chi connectivity index (χ0n) is 15.4. The number of fused-ring (bicyclic) bond motifs is 1. The van der Waals surface area contributed by atoms with Gasteiger partial charge in [0, 0.05) is 44.8 Å². The molecule has 0 unspecified atom stereocenters. The van der Waals surface area contributed by atoms with Crippen LogP contribution in [0.15, 0.2) is 42.7 Å². The van der Waals surface area contributed by atoms with Gasteiger partial charge in [-0.2, -0.15) is 0 Å². The Morgan fingerprint density at radius 2 is 1.75 bits per heavy atom. The molecule has 3 N–H and O–H groups in total. The Kier molecular flexibility index (Phi) is 7.22. The number of aliphatic carboxylic acids is 2. The number of hydrogen-bond acceptors (Lipinski definition) is 5. The monoisotopic (exact) mass is 400 g/mol. The van der Waals surface area contributed by atoms with E-state index in [9.17, 15) is 14.4 Å². The first-order valence-corrected chi connectivity index (χ1v) is 9.25. The van der Waals surface area contributed by atoms with Crippen LogP contribution in [0, 0.1) is 13.8 Å². The third-order valence-electron chi connectivity index (χ3n) is 3.94. The summed E-state index contributed by atoms with van der Waals surface area (Å²) in [5.41, 5.74) is 2.92. The number of aromatic amines is 1. The van der Waals surface area contributed by atoms with Crippen molar-refractivity contribution in [2.24, 2.45) is 0 Å². The molecule has 0 amide bonds. The van der Waals surface area contributed by atoms with E-state index in [0.717, 1.165) is 27.2 Å². The summed E-state index contributed by atoms with van der Waals surface area (Å²) in [4.78, 5) is 40.0. The molecule has 0 radical (unpaired) electrons. The molecule has 8 heteroatoms. The molecule has 0 saturated carbocycles. The van der Waals surface area contributed by atoms with Gasteiger partial charge in [-0.25, -0.2) is 14.6 Å². The summed E-state index contributed by atoms with van der Waals surface area (Å²) in [6.45, 7) is 4.01. The van der Waals surface area contributed by atoms with Gasteiger partial charge in [-0.1, -0.05) is 18.2 Å². The average molecular weight is 400 g/mol. The zero-order chi connectivity index (χ0) is 20.7. The molecule has 0 saturated heterocycles. The number of aryl methyl sites for hydroxylation is 3. The van der Waals surface area contributed by atoms with Crippen LogP contribution in [0.4, 0.5) is 0 Å². The van der Waals surface area contributed by atoms with Crippen LogP contribution in [0.25, 0.3) is 10.1 Å². The van der Waals surface area contributed by atoms with Crippen molar-refractivity contribution in [3.63, 3.8) is 0 Å². The highest BCUT2D eigenvalue weighted by atomic mass is 32.1. The number of H-pyrrole nitrogens is 1. The lowest BCUT2D eigenvalue weighted by molar-refractivity contribution is -0.134. The number of carbonyl (C=O) groups excluding carboxylic acids is 1. The maximum atomic E-state index is 12.5. The Balaban J connectivity index is 0.000000300. The molecule has 146 valence electrons. The molecule has 7 nitrogen and oxygen atoms in total. The van der Waals surface area contributed by atoms with E-state index in [1.807, 2.05) is 32.0 Å². The number of ketones is 1. The standard InChI is InChI=1S/C16H16N2OS.C4H4O4/c1-10-13(18-9-17-10)7-8-14(19)16-11(2)20-15-6-4-3-5-12(15)16;5-3(6)1-2-4(7)8/h3-6,9H,7-8H2,1-2H3,(H,17,18);1-2H,(H,5,6)(H,7,8)/b;2-1-. The zero-order valence-corrected chi connectivity index (χ0v) is 16.2. The van der Waals surface area contributed by atoms with Crippen molar-refractivity contribution in [2.45, 2.75) is 26.7 Å². The third-order valence-corrected chi connectivity index (χ3v) is 5.03. The first-order valence-electron chi connectivity index (χ1n) is 8.43. The van der Waals surface area contributed by atoms with Gasteiger partial charge in [0.15, 0.2) is 5.78 Å². The van der Waals surface area contributed by atoms with E-state index >= 15 is 0 Å². The first kappa shape index (κ1) is 21.0. The lowest BCUT2D eigenvalue weighted by Gasteiger charge is -2.01. The molecule has 0 aliphatic rings. The molecule has 1 aromatic carbocycles. The molecular formula is C20H20N2O5S. The second-order valence-electron chi connectivity index (χ2n) is 5.94. The molecule has 3 aromatic rings. The number of carbonyl (C=O) groups is 3. The van der Waals surface area contributed by atoms with Crippen molar-refractivity contribution >= 4 is 39.1 Å². The van der Waals surface area contributed by atoms with Crippen molar-refractivity contribution in [3.8, 4) is 0 Å². The van der Waals surface area contributed by atoms with Gasteiger partial charge >= 0.3 is 11.9 Å². The lowest BCUT2D eigenvalue weighted by atomic mass is 10.0. The van der Waals surface area contributed by atoms with Gasteiger partial charge in [-0.15, -0.1) is 11.3 Å². The molecule has 28 heavy (non-hydrogen) atoms. The number of carboxylic acids is 2. The number of rotatable bonds is 6. The van der Waals surface area contributed by atoms with E-state index in [1.165, 1.54) is 4.70 Å². The summed E-state index contributed by atoms with van der Waals surface area (Å²) in [5.74, 6) is -2.30. The molecule has 0 aliphatic heterocycles. The molecule has 0 aliphatic carbocycles. The van der Waals surface area contributed by atoms with E-state index in [1.54, 1.807) is 17.7 Å². The van der Waals surface area contributed by atoms with E-state index in [-0.39, 0.29) is 5.78 Å². The molecule has 3 rings (SSSR count). The van der Waals surface area contributed by atoms with Gasteiger partial charge < -0.3 is 15.2 Å². The van der Waals surface area contributed by atoms with E-state index < -0.39 is 11.9 Å². The molecule has 0 fully saturated rings. The van der Waals surface area contributed by atoms with Crippen LogP contribution in [0.2, 0.25) is 0 Å². The normalized spacial score (nSPS) is 10.6. The highest BCUT2D eigenvalue weighted by Crippen LogP contribution is 2.31. The van der Waals surface area contributed by atoms with Crippen molar-refractivity contribution in [2.75, 3.05) is 0 Å². The molecule has 2 aromatic heterocycles. The Labute approximate surface area is 165 Å². The number of carboxylic acid groups (broad SMARTS) is 2. The Hall–Kier alpha value is -3.26. The number of imidazole rings is 1. The van der Waals surface area contributed by atoms with Crippen LogP contribution in [0.5, 0.6) is 0 Å². The number of nitrogens with one attached hydrogen (secondary N) is 1. The third kappa shape index (κ3) is 5.62. The molecule has 2 heterocycles. The quantitative estimate of drug-likeness (QED) is 0.428. The van der Waals surface area contributed by atoms with Crippen molar-refractivity contribution < 1.29 is 24.6 Å². The minimum absolute atomic E-state index is 0.211. The summed E-state index contributed by atoms with van der Waals surface area (Å²) in [6.07, 6.45) is 4.00. The lowest BCUT2D eigenvalue weighted by Crippen LogP contribution is -2.03. The maximum Gasteiger partial charge on any atom is 0.328 e. The van der Waals surface area contributed by atoms with Gasteiger partial charge in [-0.05, 0) is 26.3 Å². The summed E-state index contributed by atoms with van der Waals surface area (Å²) < 4.78 is 1.18. The summed E-state index contributed by atoms with van der Waals surface area (Å²) in [7, 11) is 0. The minimum Gasteiger partial charge on any atom is -0.478 e. The summed E-state index contributed by atoms with van der Waals surface area (Å²) in [5, 5.41) is 16.7. The molecule has 0 atom stereocenters. The summed E-state index contributed by atoms with van der Waals surface area (Å²) in [6, 6.07) is 8.11. The second-order valence-corrected chi connectivity index (χ2v) is 7.19.